The van der Waals surface area contributed by atoms with Gasteiger partial charge in [0.15, 0.2) is 5.11 Å². The summed E-state index contributed by atoms with van der Waals surface area (Å²) in [6.45, 7) is 4.03. The zero-order chi connectivity index (χ0) is 18.8. The Hall–Kier alpha value is -2.08. The minimum Gasteiger partial charge on any atom is -0.459 e. The Labute approximate surface area is 160 Å². The number of carbonyl (C=O) groups excluding carboxylic acids is 1. The average Bonchev–Trinajstić information content (AvgIpc) is 2.99. The van der Waals surface area contributed by atoms with Gasteiger partial charge in [-0.1, -0.05) is 19.1 Å². The van der Waals surface area contributed by atoms with Gasteiger partial charge in [0.2, 0.25) is 0 Å². The standard InChI is InChI=1S/C20H27N3O2S/c1-12-6-5-7-16(12)25-19(24)17-13(2)21-20(26)22-18(17)14-8-10-15(11-9-14)23(3)4/h8-12,16,18H,5-7H2,1-4H3,(H2,21,22,26). The third-order valence-corrected chi connectivity index (χ3v) is 5.49. The van der Waals surface area contributed by atoms with Crippen molar-refractivity contribution in [2.75, 3.05) is 19.0 Å². The number of nitrogens with zero attached hydrogens (tertiary/aromatic N) is 1. The van der Waals surface area contributed by atoms with Gasteiger partial charge in [0, 0.05) is 25.5 Å². The predicted octanol–water partition coefficient (Wildman–Crippen LogP) is 3.28. The fourth-order valence-electron chi connectivity index (χ4n) is 3.67. The van der Waals surface area contributed by atoms with Crippen LogP contribution in [0.1, 0.15) is 44.7 Å². The molecule has 140 valence electrons. The van der Waals surface area contributed by atoms with Gasteiger partial charge in [-0.05, 0) is 62.0 Å². The molecule has 1 heterocycles. The molecule has 3 unspecified atom stereocenters. The van der Waals surface area contributed by atoms with Crippen LogP contribution in [0.5, 0.6) is 0 Å². The highest BCUT2D eigenvalue weighted by atomic mass is 32.1. The van der Waals surface area contributed by atoms with Crippen LogP contribution in [-0.4, -0.2) is 31.3 Å². The van der Waals surface area contributed by atoms with Crippen molar-refractivity contribution in [3.63, 3.8) is 0 Å². The summed E-state index contributed by atoms with van der Waals surface area (Å²) in [4.78, 5) is 15.0. The quantitative estimate of drug-likeness (QED) is 0.624. The number of hydrogen-bond acceptors (Lipinski definition) is 4. The number of thiocarbonyl (C=S) groups is 1. The summed E-state index contributed by atoms with van der Waals surface area (Å²) in [6, 6.07) is 7.84. The van der Waals surface area contributed by atoms with E-state index in [2.05, 4.69) is 17.6 Å². The van der Waals surface area contributed by atoms with Crippen LogP contribution in [0.3, 0.4) is 0 Å². The van der Waals surface area contributed by atoms with Crippen LogP contribution >= 0.6 is 12.2 Å². The Morgan fingerprint density at radius 2 is 1.92 bits per heavy atom. The molecule has 0 radical (unpaired) electrons. The molecule has 0 spiro atoms. The maximum atomic E-state index is 13.0. The van der Waals surface area contributed by atoms with E-state index in [1.165, 1.54) is 0 Å². The van der Waals surface area contributed by atoms with Gasteiger partial charge in [0.1, 0.15) is 6.10 Å². The first-order valence-electron chi connectivity index (χ1n) is 9.13. The second-order valence-electron chi connectivity index (χ2n) is 7.41. The Balaban J connectivity index is 1.87. The summed E-state index contributed by atoms with van der Waals surface area (Å²) in [5.41, 5.74) is 3.46. The first-order chi connectivity index (χ1) is 12.4. The van der Waals surface area contributed by atoms with Gasteiger partial charge in [-0.15, -0.1) is 0 Å². The lowest BCUT2D eigenvalue weighted by Gasteiger charge is -2.31. The summed E-state index contributed by atoms with van der Waals surface area (Å²) in [6.07, 6.45) is 3.19. The van der Waals surface area contributed by atoms with E-state index >= 15 is 0 Å². The molecular formula is C20H27N3O2S. The van der Waals surface area contributed by atoms with Crippen LogP contribution in [0.4, 0.5) is 5.69 Å². The molecule has 1 saturated carbocycles. The molecule has 0 bridgehead atoms. The van der Waals surface area contributed by atoms with Crippen molar-refractivity contribution in [3.8, 4) is 0 Å². The van der Waals surface area contributed by atoms with Gasteiger partial charge in [-0.2, -0.15) is 0 Å². The molecule has 2 N–H and O–H groups in total. The van der Waals surface area contributed by atoms with Crippen LogP contribution in [0, 0.1) is 5.92 Å². The summed E-state index contributed by atoms with van der Waals surface area (Å²) >= 11 is 5.31. The third kappa shape index (κ3) is 3.85. The first-order valence-corrected chi connectivity index (χ1v) is 9.54. The molecule has 26 heavy (non-hydrogen) atoms. The lowest BCUT2D eigenvalue weighted by molar-refractivity contribution is -0.146. The zero-order valence-corrected chi connectivity index (χ0v) is 16.7. The van der Waals surface area contributed by atoms with E-state index in [9.17, 15) is 4.79 Å². The van der Waals surface area contributed by atoms with Crippen LogP contribution < -0.4 is 15.5 Å². The smallest absolute Gasteiger partial charge is 0.338 e. The lowest BCUT2D eigenvalue weighted by Crippen LogP contribution is -2.45. The number of esters is 1. The molecule has 1 aliphatic heterocycles. The van der Waals surface area contributed by atoms with Crippen molar-refractivity contribution in [1.29, 1.82) is 0 Å². The van der Waals surface area contributed by atoms with E-state index in [0.29, 0.717) is 16.6 Å². The largest absolute Gasteiger partial charge is 0.459 e. The topological polar surface area (TPSA) is 53.6 Å². The van der Waals surface area contributed by atoms with Crippen LogP contribution in [0.25, 0.3) is 0 Å². The van der Waals surface area contributed by atoms with Gasteiger partial charge < -0.3 is 20.3 Å². The number of ether oxygens (including phenoxy) is 1. The number of rotatable bonds is 4. The maximum absolute atomic E-state index is 13.0. The predicted molar refractivity (Wildman–Crippen MR) is 108 cm³/mol. The van der Waals surface area contributed by atoms with E-state index in [1.54, 1.807) is 0 Å². The second kappa shape index (κ2) is 7.66. The van der Waals surface area contributed by atoms with Crippen LogP contribution in [0.15, 0.2) is 35.5 Å². The van der Waals surface area contributed by atoms with Crippen molar-refractivity contribution in [3.05, 3.63) is 41.1 Å². The molecule has 6 heteroatoms. The average molecular weight is 374 g/mol. The fraction of sp³-hybridized carbons (Fsp3) is 0.500. The van der Waals surface area contributed by atoms with E-state index in [1.807, 2.05) is 50.2 Å². The van der Waals surface area contributed by atoms with Gasteiger partial charge in [0.25, 0.3) is 0 Å². The van der Waals surface area contributed by atoms with Crippen molar-refractivity contribution < 1.29 is 9.53 Å². The normalized spacial score (nSPS) is 25.5. The Morgan fingerprint density at radius 1 is 1.23 bits per heavy atom. The van der Waals surface area contributed by atoms with Crippen LogP contribution in [-0.2, 0) is 9.53 Å². The van der Waals surface area contributed by atoms with Crippen LogP contribution in [0.2, 0.25) is 0 Å². The Bertz CT molecular complexity index is 727. The number of nitrogens with one attached hydrogen (secondary N) is 2. The highest BCUT2D eigenvalue weighted by Crippen LogP contribution is 2.32. The number of carbonyl (C=O) groups is 1. The summed E-state index contributed by atoms with van der Waals surface area (Å²) in [7, 11) is 4.01. The lowest BCUT2D eigenvalue weighted by atomic mass is 9.95. The van der Waals surface area contributed by atoms with Crippen molar-refractivity contribution in [2.45, 2.75) is 45.3 Å². The van der Waals surface area contributed by atoms with Crippen molar-refractivity contribution >= 4 is 29.0 Å². The molecule has 1 aliphatic carbocycles. The molecule has 1 fully saturated rings. The van der Waals surface area contributed by atoms with Crippen molar-refractivity contribution in [2.24, 2.45) is 5.92 Å². The van der Waals surface area contributed by atoms with E-state index < -0.39 is 0 Å². The minimum atomic E-state index is -0.302. The fourth-order valence-corrected chi connectivity index (χ4v) is 3.94. The SMILES string of the molecule is CC1=C(C(=O)OC2CCCC2C)C(c2ccc(N(C)C)cc2)NC(=S)N1. The molecule has 5 nitrogen and oxygen atoms in total. The molecule has 2 aliphatic rings. The highest BCUT2D eigenvalue weighted by molar-refractivity contribution is 7.80. The molecule has 1 aromatic carbocycles. The highest BCUT2D eigenvalue weighted by Gasteiger charge is 2.34. The van der Waals surface area contributed by atoms with E-state index in [0.717, 1.165) is 36.2 Å². The van der Waals surface area contributed by atoms with E-state index in [4.69, 9.17) is 17.0 Å². The number of allylic oxidation sites excluding steroid dienone is 1. The van der Waals surface area contributed by atoms with Gasteiger partial charge in [0.05, 0.1) is 11.6 Å². The third-order valence-electron chi connectivity index (χ3n) is 5.27. The van der Waals surface area contributed by atoms with E-state index in [-0.39, 0.29) is 18.1 Å². The van der Waals surface area contributed by atoms with Crippen molar-refractivity contribution in [1.82, 2.24) is 10.6 Å². The zero-order valence-electron chi connectivity index (χ0n) is 15.8. The molecule has 3 atom stereocenters. The molecule has 1 aromatic rings. The molecule has 0 amide bonds. The second-order valence-corrected chi connectivity index (χ2v) is 7.82. The summed E-state index contributed by atoms with van der Waals surface area (Å²) < 4.78 is 5.85. The minimum absolute atomic E-state index is 0.00782. The molecule has 0 saturated heterocycles. The Morgan fingerprint density at radius 3 is 2.50 bits per heavy atom. The number of benzene rings is 1. The van der Waals surface area contributed by atoms with Gasteiger partial charge in [-0.3, -0.25) is 0 Å². The monoisotopic (exact) mass is 373 g/mol. The van der Waals surface area contributed by atoms with Gasteiger partial charge in [-0.25, -0.2) is 4.79 Å². The maximum Gasteiger partial charge on any atom is 0.338 e. The number of hydrogen-bond donors (Lipinski definition) is 2. The summed E-state index contributed by atoms with van der Waals surface area (Å²) in [5, 5.41) is 6.82. The van der Waals surface area contributed by atoms with Gasteiger partial charge >= 0.3 is 5.97 Å². The molecule has 3 rings (SSSR count). The molecular weight excluding hydrogens is 346 g/mol. The first kappa shape index (κ1) is 18.7. The summed E-state index contributed by atoms with van der Waals surface area (Å²) in [5.74, 6) is 0.161. The Kier molecular flexibility index (Phi) is 5.51. The number of anilines is 1. The molecule has 0 aromatic heterocycles.